The Morgan fingerprint density at radius 2 is 2.31 bits per heavy atom. The van der Waals surface area contributed by atoms with Crippen LogP contribution in [0.15, 0.2) is 0 Å². The minimum Gasteiger partial charge on any atom is -0.475 e. The maximum absolute atomic E-state index is 5.71. The highest BCUT2D eigenvalue weighted by Gasteiger charge is 2.17. The average molecular weight is 219 g/mol. The third kappa shape index (κ3) is 2.31. The molecular formula is C8H11ClN2OS. The van der Waals surface area contributed by atoms with Crippen molar-refractivity contribution in [1.82, 2.24) is 8.75 Å². The molecule has 0 amide bonds. The van der Waals surface area contributed by atoms with Gasteiger partial charge < -0.3 is 4.74 Å². The van der Waals surface area contributed by atoms with Crippen LogP contribution >= 0.6 is 23.3 Å². The van der Waals surface area contributed by atoms with Gasteiger partial charge in [0.2, 0.25) is 5.15 Å². The van der Waals surface area contributed by atoms with Gasteiger partial charge in [0.15, 0.2) is 0 Å². The molecule has 0 saturated heterocycles. The maximum Gasteiger partial charge on any atom is 0.265 e. The molecule has 0 radical (unpaired) electrons. The van der Waals surface area contributed by atoms with Crippen LogP contribution in [0.5, 0.6) is 5.88 Å². The lowest BCUT2D eigenvalue weighted by molar-refractivity contribution is 0.218. The summed E-state index contributed by atoms with van der Waals surface area (Å²) in [6.07, 6.45) is 5.20. The Hall–Kier alpha value is -0.350. The van der Waals surface area contributed by atoms with Crippen molar-refractivity contribution in [3.05, 3.63) is 5.15 Å². The van der Waals surface area contributed by atoms with Gasteiger partial charge in [-0.2, -0.15) is 4.37 Å². The van der Waals surface area contributed by atoms with Gasteiger partial charge in [0.1, 0.15) is 0 Å². The zero-order valence-electron chi connectivity index (χ0n) is 7.20. The van der Waals surface area contributed by atoms with E-state index in [1.54, 1.807) is 0 Å². The van der Waals surface area contributed by atoms with Gasteiger partial charge in [-0.25, -0.2) is 0 Å². The standard InChI is InChI=1S/C8H11ClN2OS/c9-7-8(11-13-10-7)12-5-4-6-2-1-3-6/h6H,1-5H2. The lowest BCUT2D eigenvalue weighted by Gasteiger charge is -2.24. The smallest absolute Gasteiger partial charge is 0.265 e. The highest BCUT2D eigenvalue weighted by Crippen LogP contribution is 2.29. The van der Waals surface area contributed by atoms with Gasteiger partial charge >= 0.3 is 0 Å². The predicted octanol–water partition coefficient (Wildman–Crippen LogP) is 2.76. The van der Waals surface area contributed by atoms with Crippen LogP contribution in [0.2, 0.25) is 5.15 Å². The Morgan fingerprint density at radius 3 is 2.85 bits per heavy atom. The molecule has 1 aromatic rings. The molecule has 1 aromatic heterocycles. The monoisotopic (exact) mass is 218 g/mol. The molecule has 0 atom stereocenters. The van der Waals surface area contributed by atoms with E-state index in [0.29, 0.717) is 11.0 Å². The SMILES string of the molecule is Clc1nsnc1OCCC1CCC1. The maximum atomic E-state index is 5.71. The summed E-state index contributed by atoms with van der Waals surface area (Å²) >= 11 is 6.80. The summed E-state index contributed by atoms with van der Waals surface area (Å²) in [7, 11) is 0. The molecule has 0 aliphatic heterocycles. The van der Waals surface area contributed by atoms with Gasteiger partial charge in [-0.1, -0.05) is 30.9 Å². The summed E-state index contributed by atoms with van der Waals surface area (Å²) in [4.78, 5) is 0. The topological polar surface area (TPSA) is 35.0 Å². The third-order valence-electron chi connectivity index (χ3n) is 2.41. The van der Waals surface area contributed by atoms with E-state index in [0.717, 1.165) is 30.7 Å². The molecule has 13 heavy (non-hydrogen) atoms. The Kier molecular flexibility index (Phi) is 3.01. The third-order valence-corrected chi connectivity index (χ3v) is 3.27. The Balaban J connectivity index is 1.70. The number of hydrogen-bond acceptors (Lipinski definition) is 4. The van der Waals surface area contributed by atoms with E-state index in [-0.39, 0.29) is 0 Å². The lowest BCUT2D eigenvalue weighted by atomic mass is 9.83. The van der Waals surface area contributed by atoms with Crippen LogP contribution in [-0.2, 0) is 0 Å². The van der Waals surface area contributed by atoms with Crippen LogP contribution in [0.25, 0.3) is 0 Å². The first-order valence-electron chi connectivity index (χ1n) is 4.47. The van der Waals surface area contributed by atoms with E-state index >= 15 is 0 Å². The number of halogens is 1. The number of rotatable bonds is 4. The van der Waals surface area contributed by atoms with Crippen LogP contribution < -0.4 is 4.74 Å². The first-order chi connectivity index (χ1) is 6.36. The fourth-order valence-corrected chi connectivity index (χ4v) is 2.00. The normalized spacial score (nSPS) is 17.0. The molecule has 1 heterocycles. The summed E-state index contributed by atoms with van der Waals surface area (Å²) in [5.74, 6) is 1.36. The Morgan fingerprint density at radius 1 is 1.46 bits per heavy atom. The van der Waals surface area contributed by atoms with Crippen LogP contribution in [0.1, 0.15) is 25.7 Å². The van der Waals surface area contributed by atoms with Crippen LogP contribution in [0, 0.1) is 5.92 Å². The molecule has 0 unspecified atom stereocenters. The van der Waals surface area contributed by atoms with Crippen LogP contribution in [0.3, 0.4) is 0 Å². The highest BCUT2D eigenvalue weighted by atomic mass is 35.5. The molecule has 72 valence electrons. The van der Waals surface area contributed by atoms with Gasteiger partial charge in [-0.3, -0.25) is 0 Å². The number of ether oxygens (including phenoxy) is 1. The lowest BCUT2D eigenvalue weighted by Crippen LogP contribution is -2.14. The van der Waals surface area contributed by atoms with Crippen molar-refractivity contribution in [2.24, 2.45) is 5.92 Å². The summed E-state index contributed by atoms with van der Waals surface area (Å²) in [5, 5.41) is 0.388. The quantitative estimate of drug-likeness (QED) is 0.780. The molecule has 0 spiro atoms. The van der Waals surface area contributed by atoms with Crippen molar-refractivity contribution in [2.75, 3.05) is 6.61 Å². The number of aromatic nitrogens is 2. The van der Waals surface area contributed by atoms with Crippen molar-refractivity contribution < 1.29 is 4.74 Å². The van der Waals surface area contributed by atoms with Gasteiger partial charge in [0.05, 0.1) is 18.3 Å². The number of nitrogens with zero attached hydrogens (tertiary/aromatic N) is 2. The Labute approximate surface area is 86.4 Å². The van der Waals surface area contributed by atoms with Crippen LogP contribution in [0.4, 0.5) is 0 Å². The van der Waals surface area contributed by atoms with Gasteiger partial charge in [0, 0.05) is 0 Å². The van der Waals surface area contributed by atoms with Crippen molar-refractivity contribution in [2.45, 2.75) is 25.7 Å². The second-order valence-corrected chi connectivity index (χ2v) is 4.18. The molecular weight excluding hydrogens is 208 g/mol. The van der Waals surface area contributed by atoms with Crippen molar-refractivity contribution in [1.29, 1.82) is 0 Å². The van der Waals surface area contributed by atoms with Gasteiger partial charge in [-0.15, -0.1) is 4.37 Å². The second-order valence-electron chi connectivity index (χ2n) is 3.29. The molecule has 3 nitrogen and oxygen atoms in total. The van der Waals surface area contributed by atoms with E-state index in [1.807, 2.05) is 0 Å². The van der Waals surface area contributed by atoms with Crippen molar-refractivity contribution in [3.8, 4) is 5.88 Å². The molecule has 1 saturated carbocycles. The Bertz CT molecular complexity index is 275. The molecule has 0 aromatic carbocycles. The van der Waals surface area contributed by atoms with Crippen molar-refractivity contribution >= 4 is 23.3 Å². The van der Waals surface area contributed by atoms with Gasteiger partial charge in [0.25, 0.3) is 5.88 Å². The molecule has 2 rings (SSSR count). The van der Waals surface area contributed by atoms with E-state index in [2.05, 4.69) is 8.75 Å². The minimum atomic E-state index is 0.388. The second kappa shape index (κ2) is 4.24. The summed E-state index contributed by atoms with van der Waals surface area (Å²) in [6.45, 7) is 0.718. The van der Waals surface area contributed by atoms with E-state index < -0.39 is 0 Å². The van der Waals surface area contributed by atoms with Crippen LogP contribution in [-0.4, -0.2) is 15.4 Å². The zero-order chi connectivity index (χ0) is 9.10. The molecule has 5 heteroatoms. The number of hydrogen-bond donors (Lipinski definition) is 0. The fraction of sp³-hybridized carbons (Fsp3) is 0.750. The highest BCUT2D eigenvalue weighted by molar-refractivity contribution is 6.99. The first kappa shape index (κ1) is 9.21. The molecule has 0 bridgehead atoms. The molecule has 0 N–H and O–H groups in total. The first-order valence-corrected chi connectivity index (χ1v) is 5.58. The molecule has 1 fully saturated rings. The zero-order valence-corrected chi connectivity index (χ0v) is 8.77. The van der Waals surface area contributed by atoms with E-state index in [1.165, 1.54) is 19.3 Å². The van der Waals surface area contributed by atoms with E-state index in [9.17, 15) is 0 Å². The minimum absolute atomic E-state index is 0.388. The molecule has 1 aliphatic carbocycles. The van der Waals surface area contributed by atoms with Gasteiger partial charge in [-0.05, 0) is 12.3 Å². The van der Waals surface area contributed by atoms with E-state index in [4.69, 9.17) is 16.3 Å². The summed E-state index contributed by atoms with van der Waals surface area (Å²) in [6, 6.07) is 0. The molecule has 1 aliphatic rings. The van der Waals surface area contributed by atoms with Crippen molar-refractivity contribution in [3.63, 3.8) is 0 Å². The average Bonchev–Trinajstić information content (AvgIpc) is 2.42. The predicted molar refractivity (Wildman–Crippen MR) is 52.4 cm³/mol. The fourth-order valence-electron chi connectivity index (χ4n) is 1.36. The summed E-state index contributed by atoms with van der Waals surface area (Å²) in [5.41, 5.74) is 0. The largest absolute Gasteiger partial charge is 0.475 e. The summed E-state index contributed by atoms with van der Waals surface area (Å²) < 4.78 is 13.1.